The average molecular weight is 227 g/mol. The van der Waals surface area contributed by atoms with E-state index >= 15 is 0 Å². The predicted octanol–water partition coefficient (Wildman–Crippen LogP) is 4.59. The van der Waals surface area contributed by atoms with Crippen molar-refractivity contribution in [2.45, 2.75) is 26.2 Å². The molecule has 0 saturated carbocycles. The number of hydrogen-bond donors (Lipinski definition) is 0. The third kappa shape index (κ3) is 3.23. The largest absolute Gasteiger partial charge is 0.494 e. The minimum atomic E-state index is 0.809. The summed E-state index contributed by atoms with van der Waals surface area (Å²) in [6, 6.07) is 12.5. The second-order valence-corrected chi connectivity index (χ2v) is 4.40. The molecule has 0 unspecified atom stereocenters. The van der Waals surface area contributed by atoms with Gasteiger partial charge in [-0.25, -0.2) is 0 Å². The molecule has 17 heavy (non-hydrogen) atoms. The molecule has 2 aromatic rings. The Kier molecular flexibility index (Phi) is 4.03. The van der Waals surface area contributed by atoms with Crippen LogP contribution >= 0.6 is 0 Å². The maximum Gasteiger partial charge on any atom is 0.119 e. The Hall–Kier alpha value is -1.50. The van der Waals surface area contributed by atoms with Gasteiger partial charge in [0.05, 0.1) is 6.61 Å². The lowest BCUT2D eigenvalue weighted by Crippen LogP contribution is -1.96. The molecule has 0 aromatic heterocycles. The molecule has 0 atom stereocenters. The third-order valence-electron chi connectivity index (χ3n) is 2.89. The molecule has 2 aromatic carbocycles. The summed E-state index contributed by atoms with van der Waals surface area (Å²) in [6.07, 6.45) is 3.59. The molecule has 0 fully saturated rings. The molecular formula is C16H19O. The number of hydrogen-bond acceptors (Lipinski definition) is 1. The Morgan fingerprint density at radius 1 is 1.00 bits per heavy atom. The summed E-state index contributed by atoms with van der Waals surface area (Å²) < 4.78 is 5.74. The van der Waals surface area contributed by atoms with Gasteiger partial charge in [-0.2, -0.15) is 0 Å². The second-order valence-electron chi connectivity index (χ2n) is 4.40. The molecule has 1 radical (unpaired) electrons. The second kappa shape index (κ2) is 5.72. The van der Waals surface area contributed by atoms with E-state index in [1.165, 1.54) is 23.6 Å². The summed E-state index contributed by atoms with van der Waals surface area (Å²) in [4.78, 5) is 0. The fourth-order valence-corrected chi connectivity index (χ4v) is 1.91. The van der Waals surface area contributed by atoms with E-state index in [1.54, 1.807) is 0 Å². The van der Waals surface area contributed by atoms with E-state index in [0.29, 0.717) is 0 Å². The molecule has 0 aliphatic rings. The van der Waals surface area contributed by atoms with E-state index in [2.05, 4.69) is 38.1 Å². The normalized spacial score (nSPS) is 10.7. The highest BCUT2D eigenvalue weighted by Crippen LogP contribution is 2.22. The van der Waals surface area contributed by atoms with Crippen LogP contribution in [0.1, 0.15) is 31.7 Å². The zero-order valence-corrected chi connectivity index (χ0v) is 10.4. The molecule has 1 heteroatoms. The lowest BCUT2D eigenvalue weighted by molar-refractivity contribution is 0.306. The smallest absolute Gasteiger partial charge is 0.119 e. The summed E-state index contributed by atoms with van der Waals surface area (Å²) in [5.41, 5.74) is 1.04. The molecule has 0 bridgehead atoms. The highest BCUT2D eigenvalue weighted by atomic mass is 16.5. The van der Waals surface area contributed by atoms with Crippen molar-refractivity contribution in [2.75, 3.05) is 6.61 Å². The molecule has 0 heterocycles. The number of benzene rings is 2. The summed E-state index contributed by atoms with van der Waals surface area (Å²) in [7, 11) is 0. The predicted molar refractivity (Wildman–Crippen MR) is 73.4 cm³/mol. The van der Waals surface area contributed by atoms with Crippen molar-refractivity contribution in [2.24, 2.45) is 0 Å². The minimum Gasteiger partial charge on any atom is -0.494 e. The quantitative estimate of drug-likeness (QED) is 0.679. The first-order valence-corrected chi connectivity index (χ1v) is 6.28. The van der Waals surface area contributed by atoms with Gasteiger partial charge in [-0.05, 0) is 41.8 Å². The molecule has 0 spiro atoms. The fourth-order valence-electron chi connectivity index (χ4n) is 1.91. The third-order valence-corrected chi connectivity index (χ3v) is 2.89. The average Bonchev–Trinajstić information content (AvgIpc) is 2.34. The standard InChI is InChI=1S/C16H19O/c1-3-4-5-10-17-16-9-8-14-7-6-13(2)11-15(14)12-16/h6-9,11-12H,2-5,10H2,1H3. The van der Waals surface area contributed by atoms with Crippen LogP contribution in [0.5, 0.6) is 5.75 Å². The molecular weight excluding hydrogens is 208 g/mol. The summed E-state index contributed by atoms with van der Waals surface area (Å²) in [5, 5.41) is 2.43. The Morgan fingerprint density at radius 3 is 2.65 bits per heavy atom. The lowest BCUT2D eigenvalue weighted by Gasteiger charge is -2.07. The zero-order valence-electron chi connectivity index (χ0n) is 10.4. The van der Waals surface area contributed by atoms with Crippen LogP contribution in [0.25, 0.3) is 10.8 Å². The van der Waals surface area contributed by atoms with Crippen LogP contribution in [0.3, 0.4) is 0 Å². The molecule has 0 amide bonds. The number of ether oxygens (including phenoxy) is 1. The maximum atomic E-state index is 5.74. The Balaban J connectivity index is 2.08. The van der Waals surface area contributed by atoms with E-state index in [4.69, 9.17) is 4.74 Å². The van der Waals surface area contributed by atoms with Crippen molar-refractivity contribution in [3.8, 4) is 5.75 Å². The van der Waals surface area contributed by atoms with Gasteiger partial charge in [0.1, 0.15) is 5.75 Å². The number of fused-ring (bicyclic) bond motifs is 1. The van der Waals surface area contributed by atoms with Gasteiger partial charge in [-0.15, -0.1) is 0 Å². The minimum absolute atomic E-state index is 0.809. The Morgan fingerprint density at radius 2 is 1.82 bits per heavy atom. The van der Waals surface area contributed by atoms with Crippen molar-refractivity contribution in [1.82, 2.24) is 0 Å². The van der Waals surface area contributed by atoms with Crippen LogP contribution in [0.2, 0.25) is 0 Å². The van der Waals surface area contributed by atoms with Gasteiger partial charge in [0.25, 0.3) is 0 Å². The van der Waals surface area contributed by atoms with E-state index in [1.807, 2.05) is 12.1 Å². The van der Waals surface area contributed by atoms with Crippen LogP contribution in [-0.4, -0.2) is 6.61 Å². The van der Waals surface area contributed by atoms with Crippen LogP contribution in [0.4, 0.5) is 0 Å². The van der Waals surface area contributed by atoms with Gasteiger partial charge in [-0.3, -0.25) is 0 Å². The molecule has 0 N–H and O–H groups in total. The molecule has 2 rings (SSSR count). The van der Waals surface area contributed by atoms with Crippen molar-refractivity contribution in [3.63, 3.8) is 0 Å². The van der Waals surface area contributed by atoms with Gasteiger partial charge >= 0.3 is 0 Å². The molecule has 0 aliphatic carbocycles. The van der Waals surface area contributed by atoms with Crippen LogP contribution < -0.4 is 4.74 Å². The van der Waals surface area contributed by atoms with E-state index in [0.717, 1.165) is 24.3 Å². The number of unbranched alkanes of at least 4 members (excludes halogenated alkanes) is 2. The first-order chi connectivity index (χ1) is 8.29. The van der Waals surface area contributed by atoms with Crippen LogP contribution in [0.15, 0.2) is 36.4 Å². The van der Waals surface area contributed by atoms with Gasteiger partial charge in [0.15, 0.2) is 0 Å². The highest BCUT2D eigenvalue weighted by Gasteiger charge is 1.98. The van der Waals surface area contributed by atoms with Crippen molar-refractivity contribution < 1.29 is 4.74 Å². The molecule has 0 aliphatic heterocycles. The van der Waals surface area contributed by atoms with Crippen LogP contribution in [-0.2, 0) is 0 Å². The lowest BCUT2D eigenvalue weighted by atomic mass is 10.1. The Bertz CT molecular complexity index is 488. The summed E-state index contributed by atoms with van der Waals surface area (Å²) >= 11 is 0. The molecule has 0 saturated heterocycles. The Labute approximate surface area is 103 Å². The fraction of sp³-hybridized carbons (Fsp3) is 0.312. The van der Waals surface area contributed by atoms with E-state index in [-0.39, 0.29) is 0 Å². The number of rotatable bonds is 5. The highest BCUT2D eigenvalue weighted by molar-refractivity contribution is 5.84. The van der Waals surface area contributed by atoms with Crippen molar-refractivity contribution >= 4 is 10.8 Å². The zero-order chi connectivity index (χ0) is 12.1. The van der Waals surface area contributed by atoms with E-state index in [9.17, 15) is 0 Å². The van der Waals surface area contributed by atoms with Gasteiger partial charge in [0.2, 0.25) is 0 Å². The SMILES string of the molecule is [CH2]c1ccc2ccc(OCCCCC)cc2c1. The van der Waals surface area contributed by atoms with E-state index < -0.39 is 0 Å². The first kappa shape index (κ1) is 12.0. The topological polar surface area (TPSA) is 9.23 Å². The van der Waals surface area contributed by atoms with Gasteiger partial charge < -0.3 is 4.74 Å². The van der Waals surface area contributed by atoms with Crippen molar-refractivity contribution in [1.29, 1.82) is 0 Å². The summed E-state index contributed by atoms with van der Waals surface area (Å²) in [6.45, 7) is 6.96. The first-order valence-electron chi connectivity index (χ1n) is 6.28. The van der Waals surface area contributed by atoms with Crippen LogP contribution in [0, 0.1) is 6.92 Å². The van der Waals surface area contributed by atoms with Crippen molar-refractivity contribution in [3.05, 3.63) is 48.9 Å². The summed E-state index contributed by atoms with van der Waals surface area (Å²) in [5.74, 6) is 0.958. The van der Waals surface area contributed by atoms with Gasteiger partial charge in [0, 0.05) is 0 Å². The monoisotopic (exact) mass is 227 g/mol. The maximum absolute atomic E-state index is 5.74. The van der Waals surface area contributed by atoms with Gasteiger partial charge in [-0.1, -0.05) is 44.0 Å². The molecule has 89 valence electrons. The molecule has 1 nitrogen and oxygen atoms in total.